The molecule has 0 aromatic carbocycles. The molecule has 0 saturated carbocycles. The van der Waals surface area contributed by atoms with E-state index >= 15 is 0 Å². The zero-order valence-corrected chi connectivity index (χ0v) is 12.6. The molecule has 3 N–H and O–H groups in total. The molecule has 0 radical (unpaired) electrons. The summed E-state index contributed by atoms with van der Waals surface area (Å²) in [6, 6.07) is 0. The van der Waals surface area contributed by atoms with E-state index in [9.17, 15) is 0 Å². The van der Waals surface area contributed by atoms with Crippen LogP contribution in [0, 0.1) is 6.88 Å². The first-order valence-corrected chi connectivity index (χ1v) is 4.74. The van der Waals surface area contributed by atoms with Gasteiger partial charge in [0.1, 0.15) is 0 Å². The van der Waals surface area contributed by atoms with E-state index in [1.807, 2.05) is 0 Å². The largest absolute Gasteiger partial charge is 0.394 e. The van der Waals surface area contributed by atoms with Gasteiger partial charge in [-0.15, -0.1) is 0 Å². The Morgan fingerprint density at radius 1 is 0.800 bits per heavy atom. The summed E-state index contributed by atoms with van der Waals surface area (Å²) in [6.45, 7) is 11.7. The normalized spacial score (nSPS) is 9.73. The quantitative estimate of drug-likeness (QED) is 0.460. The van der Waals surface area contributed by atoms with Crippen LogP contribution in [-0.2, 0) is 21.7 Å². The maximum Gasteiger partial charge on any atom is 0.0483 e. The Balaban J connectivity index is -0.0000000369. The van der Waals surface area contributed by atoms with E-state index in [-0.39, 0.29) is 46.9 Å². The topological polar surface area (TPSA) is 60.7 Å². The zero-order chi connectivity index (χ0) is 14.3. The van der Waals surface area contributed by atoms with Crippen molar-refractivity contribution in [3.63, 3.8) is 0 Å². The predicted molar refractivity (Wildman–Crippen MR) is 63.1 cm³/mol. The summed E-state index contributed by atoms with van der Waals surface area (Å²) in [5.41, 5.74) is 0. The Morgan fingerprint density at radius 3 is 0.800 bits per heavy atom. The molecule has 0 rings (SSSR count). The number of rotatable bonds is 0. The van der Waals surface area contributed by atoms with E-state index in [0.717, 1.165) is 0 Å². The van der Waals surface area contributed by atoms with Gasteiger partial charge in [-0.1, -0.05) is 0 Å². The van der Waals surface area contributed by atoms with Gasteiger partial charge in [0, 0.05) is 40.0 Å². The molecule has 3 nitrogen and oxygen atoms in total. The summed E-state index contributed by atoms with van der Waals surface area (Å²) < 4.78 is 12.3. The van der Waals surface area contributed by atoms with Crippen molar-refractivity contribution >= 4 is 0 Å². The number of aliphatic hydroxyl groups is 3. The average Bonchev–Trinajstić information content (AvgIpc) is 1.76. The molecule has 0 aliphatic carbocycles. The molecule has 4 heteroatoms. The first-order chi connectivity index (χ1) is 6.93. The van der Waals surface area contributed by atoms with Crippen LogP contribution < -0.4 is 0 Å². The minimum absolute atomic E-state index is 0. The first kappa shape index (κ1) is 20.9. The molecule has 0 fully saturated rings. The van der Waals surface area contributed by atoms with Crippen molar-refractivity contribution in [2.24, 2.45) is 0 Å². The molecule has 0 bridgehead atoms. The molecule has 0 saturated heterocycles. The zero-order valence-electron chi connectivity index (χ0n) is 13.1. The molecule has 0 aromatic heterocycles. The van der Waals surface area contributed by atoms with Gasteiger partial charge in [-0.05, 0) is 41.5 Å². The molecule has 0 aliphatic heterocycles. The molecule has 0 amide bonds. The van der Waals surface area contributed by atoms with Gasteiger partial charge in [0.25, 0.3) is 0 Å². The summed E-state index contributed by atoms with van der Waals surface area (Å²) >= 11 is 0. The minimum atomic E-state index is -0.167. The van der Waals surface area contributed by atoms with Crippen molar-refractivity contribution in [1.82, 2.24) is 0 Å². The fraction of sp³-hybridized carbons (Fsp3) is 0.909. The minimum Gasteiger partial charge on any atom is -0.394 e. The molecule has 0 atom stereocenters. The third kappa shape index (κ3) is 6550. The molecular weight excluding hydrogens is 228 g/mol. The van der Waals surface area contributed by atoms with E-state index in [4.69, 9.17) is 18.1 Å². The van der Waals surface area contributed by atoms with Gasteiger partial charge in [-0.25, -0.2) is 2.74 Å². The van der Waals surface area contributed by atoms with Crippen LogP contribution >= 0.6 is 0 Å². The third-order valence-corrected chi connectivity index (χ3v) is 0. The van der Waals surface area contributed by atoms with Crippen molar-refractivity contribution in [3.8, 4) is 0 Å². The Hall–Kier alpha value is 0.594. The molecule has 15 heavy (non-hydrogen) atoms. The maximum absolute atomic E-state index is 8.06. The van der Waals surface area contributed by atoms with Crippen LogP contribution in [0.5, 0.6) is 0 Å². The van der Waals surface area contributed by atoms with Gasteiger partial charge < -0.3 is 22.2 Å². The second-order valence-electron chi connectivity index (χ2n) is 3.28. The fourth-order valence-corrected chi connectivity index (χ4v) is 0. The average molecular weight is 259 g/mol. The SMILES string of the molecule is CC(C)O.CC(C)O.CC(C)O.[2H][C-]([2H])C.[Ti]. The number of hydrogen-bond acceptors (Lipinski definition) is 3. The van der Waals surface area contributed by atoms with Gasteiger partial charge in [-0.3, -0.25) is 0 Å². The molecular formula is C11H29O3Ti-. The van der Waals surface area contributed by atoms with Crippen LogP contribution in [0.3, 0.4) is 0 Å². The van der Waals surface area contributed by atoms with Crippen LogP contribution in [0.2, 0.25) is 0 Å². The Labute approximate surface area is 114 Å². The molecule has 0 heterocycles. The van der Waals surface area contributed by atoms with Crippen LogP contribution in [0.4, 0.5) is 0 Å². The van der Waals surface area contributed by atoms with Crippen LogP contribution in [0.25, 0.3) is 0 Å². The summed E-state index contributed by atoms with van der Waals surface area (Å²) in [6.07, 6.45) is -0.500. The van der Waals surface area contributed by atoms with Crippen molar-refractivity contribution in [1.29, 1.82) is 0 Å². The van der Waals surface area contributed by atoms with Crippen molar-refractivity contribution in [3.05, 3.63) is 6.88 Å². The Morgan fingerprint density at radius 2 is 0.800 bits per heavy atom. The molecule has 0 unspecified atom stereocenters. The van der Waals surface area contributed by atoms with E-state index in [2.05, 4.69) is 0 Å². The summed E-state index contributed by atoms with van der Waals surface area (Å²) in [4.78, 5) is 0. The van der Waals surface area contributed by atoms with Crippen LogP contribution in [-0.4, -0.2) is 33.6 Å². The van der Waals surface area contributed by atoms with Crippen LogP contribution in [0.15, 0.2) is 0 Å². The monoisotopic (exact) mass is 259 g/mol. The van der Waals surface area contributed by atoms with Gasteiger partial charge in [0.2, 0.25) is 0 Å². The maximum atomic E-state index is 8.06. The standard InChI is InChI=1S/3C3H8O.C2H5.Ti/c3*1-3(2)4;1-2;/h3*3-4H,1-2H3;1H2,2H3;/q;;;-1;/i;;;1D2;. The second-order valence-corrected chi connectivity index (χ2v) is 3.28. The van der Waals surface area contributed by atoms with Gasteiger partial charge in [-0.2, -0.15) is 6.92 Å². The van der Waals surface area contributed by atoms with E-state index in [1.54, 1.807) is 41.5 Å². The third-order valence-electron chi connectivity index (χ3n) is 0. The van der Waals surface area contributed by atoms with Gasteiger partial charge in [0.15, 0.2) is 0 Å². The fourth-order valence-electron chi connectivity index (χ4n) is 0. The smallest absolute Gasteiger partial charge is 0.0483 e. The van der Waals surface area contributed by atoms with Gasteiger partial charge >= 0.3 is 0 Å². The van der Waals surface area contributed by atoms with Crippen molar-refractivity contribution in [2.45, 2.75) is 66.8 Å². The predicted octanol–water partition coefficient (Wildman–Crippen LogP) is 2.00. The Kier molecular flexibility index (Phi) is 40.9. The molecule has 96 valence electrons. The van der Waals surface area contributed by atoms with E-state index in [0.29, 0.717) is 0 Å². The van der Waals surface area contributed by atoms with Crippen molar-refractivity contribution < 1.29 is 39.8 Å². The Bertz CT molecular complexity index is 67.7. The first-order valence-electron chi connectivity index (χ1n) is 5.74. The second kappa shape index (κ2) is 29.3. The summed E-state index contributed by atoms with van der Waals surface area (Å²) in [5.74, 6) is 0. The molecule has 0 aromatic rings. The number of hydrogen-bond donors (Lipinski definition) is 3. The van der Waals surface area contributed by atoms with E-state index in [1.165, 1.54) is 6.92 Å². The summed E-state index contributed by atoms with van der Waals surface area (Å²) in [5, 5.41) is 24.2. The molecule has 0 spiro atoms. The number of aliphatic hydroxyl groups excluding tert-OH is 3. The van der Waals surface area contributed by atoms with E-state index < -0.39 is 0 Å². The van der Waals surface area contributed by atoms with Gasteiger partial charge in [0.05, 0.1) is 0 Å². The van der Waals surface area contributed by atoms with Crippen molar-refractivity contribution in [2.75, 3.05) is 0 Å². The summed E-state index contributed by atoms with van der Waals surface area (Å²) in [7, 11) is 0. The molecule has 0 aliphatic rings. The van der Waals surface area contributed by atoms with Crippen LogP contribution in [0.1, 0.15) is 51.2 Å².